The number of aliphatic hydroxyl groups excluding tert-OH is 1. The highest BCUT2D eigenvalue weighted by atomic mass is 35.5. The minimum Gasteiger partial charge on any atom is -0.479 e. The van der Waals surface area contributed by atoms with Crippen molar-refractivity contribution in [3.63, 3.8) is 0 Å². The Labute approximate surface area is 237 Å². The summed E-state index contributed by atoms with van der Waals surface area (Å²) in [5, 5.41) is 35.1. The van der Waals surface area contributed by atoms with Gasteiger partial charge >= 0.3 is 11.9 Å². The first-order valence-electron chi connectivity index (χ1n) is 12.3. The number of rotatable bonds is 11. The Kier molecular flexibility index (Phi) is 9.10. The van der Waals surface area contributed by atoms with Crippen LogP contribution in [-0.2, 0) is 17.8 Å². The van der Waals surface area contributed by atoms with E-state index in [1.165, 1.54) is 0 Å². The van der Waals surface area contributed by atoms with Crippen molar-refractivity contribution in [3.05, 3.63) is 112 Å². The van der Waals surface area contributed by atoms with Gasteiger partial charge in [-0.05, 0) is 35.2 Å². The number of carboxylic acid groups (broad SMARTS) is 2. The number of aliphatic hydroxyl groups is 1. The first-order chi connectivity index (χ1) is 19.5. The quantitative estimate of drug-likeness (QED) is 0.205. The van der Waals surface area contributed by atoms with Gasteiger partial charge in [-0.15, -0.1) is 0 Å². The highest BCUT2D eigenvalue weighted by Crippen LogP contribution is 2.22. The second-order valence-electron chi connectivity index (χ2n) is 9.25. The minimum atomic E-state index is -1.79. The van der Waals surface area contributed by atoms with E-state index in [-0.39, 0.29) is 23.6 Å². The number of aliphatic carboxylic acids is 1. The number of hydrogen-bond acceptors (Lipinski definition) is 5. The number of amides is 1. The van der Waals surface area contributed by atoms with Gasteiger partial charge < -0.3 is 20.6 Å². The molecule has 0 aliphatic carbocycles. The van der Waals surface area contributed by atoms with Gasteiger partial charge in [-0.1, -0.05) is 66.2 Å². The molecule has 0 aliphatic rings. The van der Waals surface area contributed by atoms with E-state index in [0.717, 1.165) is 39.6 Å². The van der Waals surface area contributed by atoms with Crippen LogP contribution in [0.15, 0.2) is 72.8 Å². The van der Waals surface area contributed by atoms with Crippen molar-refractivity contribution in [2.24, 2.45) is 0 Å². The smallest absolute Gasteiger partial charge is 0.354 e. The summed E-state index contributed by atoms with van der Waals surface area (Å²) in [7, 11) is 0. The first-order valence-corrected chi connectivity index (χ1v) is 12.7. The van der Waals surface area contributed by atoms with Crippen molar-refractivity contribution >= 4 is 29.4 Å². The number of aromatic nitrogens is 2. The molecule has 9 nitrogen and oxygen atoms in total. The molecule has 12 heteroatoms. The average molecular weight is 584 g/mol. The Morgan fingerprint density at radius 3 is 2.12 bits per heavy atom. The van der Waals surface area contributed by atoms with Crippen molar-refractivity contribution < 1.29 is 38.5 Å². The number of nitrogens with zero attached hydrogens (tertiary/aromatic N) is 2. The van der Waals surface area contributed by atoms with Crippen molar-refractivity contribution in [3.8, 4) is 11.1 Å². The molecule has 1 aromatic heterocycles. The molecule has 2 atom stereocenters. The third kappa shape index (κ3) is 7.33. The van der Waals surface area contributed by atoms with Gasteiger partial charge in [0.05, 0.1) is 6.54 Å². The topological polar surface area (TPSA) is 142 Å². The van der Waals surface area contributed by atoms with Crippen LogP contribution in [0.2, 0.25) is 5.02 Å². The summed E-state index contributed by atoms with van der Waals surface area (Å²) >= 11 is 5.65. The fourth-order valence-electron chi connectivity index (χ4n) is 4.26. The lowest BCUT2D eigenvalue weighted by atomic mass is 9.97. The molecule has 0 saturated heterocycles. The van der Waals surface area contributed by atoms with E-state index in [1.807, 2.05) is 42.5 Å². The van der Waals surface area contributed by atoms with Crippen LogP contribution in [0, 0.1) is 11.6 Å². The predicted octanol–water partition coefficient (Wildman–Crippen LogP) is 4.40. The lowest BCUT2D eigenvalue weighted by molar-refractivity contribution is -0.147. The van der Waals surface area contributed by atoms with Crippen LogP contribution in [-0.4, -0.2) is 55.1 Å². The zero-order valence-electron chi connectivity index (χ0n) is 21.3. The summed E-state index contributed by atoms with van der Waals surface area (Å²) in [6.07, 6.45) is -2.00. The average Bonchev–Trinajstić information content (AvgIpc) is 3.36. The summed E-state index contributed by atoms with van der Waals surface area (Å²) in [5.74, 6) is -5.88. The number of carbonyl (C=O) groups excluding carboxylic acids is 1. The lowest BCUT2D eigenvalue weighted by Crippen LogP contribution is -2.40. The molecule has 3 aromatic carbocycles. The highest BCUT2D eigenvalue weighted by molar-refractivity contribution is 6.30. The Hall–Kier alpha value is -4.61. The van der Waals surface area contributed by atoms with Gasteiger partial charge in [-0.3, -0.25) is 9.48 Å². The minimum absolute atomic E-state index is 0.138. The summed E-state index contributed by atoms with van der Waals surface area (Å²) in [6, 6.07) is 18.7. The van der Waals surface area contributed by atoms with Crippen LogP contribution in [0.25, 0.3) is 11.1 Å². The van der Waals surface area contributed by atoms with Gasteiger partial charge in [-0.2, -0.15) is 5.10 Å². The maximum atomic E-state index is 14.3. The second-order valence-corrected chi connectivity index (χ2v) is 9.69. The lowest BCUT2D eigenvalue weighted by Gasteiger charge is -2.20. The number of aromatic carboxylic acids is 1. The first kappa shape index (κ1) is 29.4. The van der Waals surface area contributed by atoms with Gasteiger partial charge in [-0.25, -0.2) is 18.4 Å². The van der Waals surface area contributed by atoms with Crippen molar-refractivity contribution in [1.29, 1.82) is 0 Å². The largest absolute Gasteiger partial charge is 0.479 e. The Morgan fingerprint density at radius 1 is 0.927 bits per heavy atom. The highest BCUT2D eigenvalue weighted by Gasteiger charge is 2.26. The van der Waals surface area contributed by atoms with Gasteiger partial charge in [0.2, 0.25) is 0 Å². The fourth-order valence-corrected chi connectivity index (χ4v) is 4.46. The van der Waals surface area contributed by atoms with E-state index in [0.29, 0.717) is 0 Å². The van der Waals surface area contributed by atoms with Crippen LogP contribution in [0.3, 0.4) is 0 Å². The summed E-state index contributed by atoms with van der Waals surface area (Å²) < 4.78 is 29.4. The molecule has 212 valence electrons. The molecule has 4 N–H and O–H groups in total. The van der Waals surface area contributed by atoms with Crippen molar-refractivity contribution in [1.82, 2.24) is 15.1 Å². The van der Waals surface area contributed by atoms with Gasteiger partial charge in [0, 0.05) is 29.1 Å². The zero-order valence-corrected chi connectivity index (χ0v) is 22.1. The maximum absolute atomic E-state index is 14.3. The van der Waals surface area contributed by atoms with E-state index in [4.69, 9.17) is 11.6 Å². The molecule has 0 fully saturated rings. The third-order valence-electron chi connectivity index (χ3n) is 6.32. The normalized spacial score (nSPS) is 12.5. The number of carboxylic acids is 2. The fraction of sp³-hybridized carbons (Fsp3) is 0.172. The van der Waals surface area contributed by atoms with E-state index >= 15 is 0 Å². The molecule has 0 spiro atoms. The zero-order chi connectivity index (χ0) is 29.7. The SMILES string of the molecule is O=C(NC(Cc1ccc(-c2ccccc2)cc1)CC(O)C(=O)O)c1cc(C(=O)O)n(Cc2c(F)cc(Cl)cc2F)n1. The third-order valence-corrected chi connectivity index (χ3v) is 6.53. The molecule has 41 heavy (non-hydrogen) atoms. The summed E-state index contributed by atoms with van der Waals surface area (Å²) in [6.45, 7) is -0.640. The molecular formula is C29H24ClF2N3O6. The van der Waals surface area contributed by atoms with Gasteiger partial charge in [0.1, 0.15) is 17.3 Å². The Morgan fingerprint density at radius 2 is 1.54 bits per heavy atom. The summed E-state index contributed by atoms with van der Waals surface area (Å²) in [4.78, 5) is 36.2. The maximum Gasteiger partial charge on any atom is 0.354 e. The number of hydrogen-bond donors (Lipinski definition) is 4. The molecular weight excluding hydrogens is 560 g/mol. The summed E-state index contributed by atoms with van der Waals surface area (Å²) in [5.41, 5.74) is 1.27. The van der Waals surface area contributed by atoms with Crippen LogP contribution in [0.1, 0.15) is 38.5 Å². The molecule has 0 radical (unpaired) electrons. The van der Waals surface area contributed by atoms with Crippen LogP contribution in [0.5, 0.6) is 0 Å². The number of halogens is 3. The molecule has 2 unspecified atom stereocenters. The molecule has 4 aromatic rings. The number of carbonyl (C=O) groups is 3. The second kappa shape index (κ2) is 12.7. The Bertz CT molecular complexity index is 1550. The van der Waals surface area contributed by atoms with E-state index in [2.05, 4.69) is 10.4 Å². The molecule has 0 saturated carbocycles. The Balaban J connectivity index is 1.56. The van der Waals surface area contributed by atoms with E-state index < -0.39 is 59.4 Å². The predicted molar refractivity (Wildman–Crippen MR) is 145 cm³/mol. The molecule has 1 heterocycles. The molecule has 4 rings (SSSR count). The van der Waals surface area contributed by atoms with E-state index in [9.17, 15) is 38.5 Å². The standard InChI is InChI=1S/C29H24ClF2N3O6/c30-19-11-22(31)21(23(32)12-19)15-35-25(28(38)39)14-24(34-35)27(37)33-20(13-26(36)29(40)41)10-16-6-8-18(9-7-16)17-4-2-1-3-5-17/h1-9,11-12,14,20,26,36H,10,13,15H2,(H,33,37)(H,38,39)(H,40,41). The van der Waals surface area contributed by atoms with Gasteiger partial charge in [0.25, 0.3) is 5.91 Å². The molecule has 0 aliphatic heterocycles. The van der Waals surface area contributed by atoms with Crippen LogP contribution >= 0.6 is 11.6 Å². The molecule has 0 bridgehead atoms. The van der Waals surface area contributed by atoms with Crippen LogP contribution in [0.4, 0.5) is 8.78 Å². The number of nitrogens with one attached hydrogen (secondary N) is 1. The van der Waals surface area contributed by atoms with Crippen LogP contribution < -0.4 is 5.32 Å². The monoisotopic (exact) mass is 583 g/mol. The van der Waals surface area contributed by atoms with E-state index in [1.54, 1.807) is 12.1 Å². The number of benzene rings is 3. The van der Waals surface area contributed by atoms with Crippen molar-refractivity contribution in [2.45, 2.75) is 31.5 Å². The van der Waals surface area contributed by atoms with Crippen molar-refractivity contribution in [2.75, 3.05) is 0 Å². The van der Waals surface area contributed by atoms with Gasteiger partial charge in [0.15, 0.2) is 11.8 Å². The molecule has 1 amide bonds.